The fourth-order valence-corrected chi connectivity index (χ4v) is 3.17. The molecule has 0 spiro atoms. The van der Waals surface area contributed by atoms with E-state index in [2.05, 4.69) is 0 Å². The standard InChI is InChI=1S/C19H16FNO2/c20-16-8-7-13-5-3-9-21(17(13)11-16)19(22)15-10-14-4-1-2-6-18(14)23-12-15/h1-2,4,6-8,10-11H,3,5,9,12H2. The predicted octanol–water partition coefficient (Wildman–Crippen LogP) is 3.58. The van der Waals surface area contributed by atoms with Gasteiger partial charge in [-0.15, -0.1) is 0 Å². The van der Waals surface area contributed by atoms with E-state index < -0.39 is 0 Å². The second-order valence-electron chi connectivity index (χ2n) is 5.83. The van der Waals surface area contributed by atoms with Crippen LogP contribution in [-0.2, 0) is 11.2 Å². The minimum absolute atomic E-state index is 0.106. The van der Waals surface area contributed by atoms with E-state index in [1.54, 1.807) is 11.0 Å². The van der Waals surface area contributed by atoms with E-state index in [9.17, 15) is 9.18 Å². The first kappa shape index (κ1) is 14.0. The normalized spacial score (nSPS) is 16.0. The van der Waals surface area contributed by atoms with Gasteiger partial charge < -0.3 is 9.64 Å². The Kier molecular flexibility index (Phi) is 3.37. The summed E-state index contributed by atoms with van der Waals surface area (Å²) in [6, 6.07) is 12.3. The molecule has 0 aromatic heterocycles. The molecule has 23 heavy (non-hydrogen) atoms. The third-order valence-electron chi connectivity index (χ3n) is 4.32. The summed E-state index contributed by atoms with van der Waals surface area (Å²) in [5.41, 5.74) is 3.20. The molecule has 0 aliphatic carbocycles. The average Bonchev–Trinajstić information content (AvgIpc) is 2.60. The van der Waals surface area contributed by atoms with E-state index in [1.807, 2.05) is 30.3 Å². The Balaban J connectivity index is 1.69. The number of benzene rings is 2. The van der Waals surface area contributed by atoms with Crippen molar-refractivity contribution in [2.75, 3.05) is 18.1 Å². The zero-order valence-electron chi connectivity index (χ0n) is 12.6. The molecule has 0 bridgehead atoms. The summed E-state index contributed by atoms with van der Waals surface area (Å²) in [4.78, 5) is 14.6. The molecule has 0 radical (unpaired) electrons. The molecule has 116 valence electrons. The van der Waals surface area contributed by atoms with E-state index in [1.165, 1.54) is 12.1 Å². The first-order valence-electron chi connectivity index (χ1n) is 7.75. The summed E-state index contributed by atoms with van der Waals surface area (Å²) in [5.74, 6) is 0.364. The number of anilines is 1. The largest absolute Gasteiger partial charge is 0.488 e. The summed E-state index contributed by atoms with van der Waals surface area (Å²) in [7, 11) is 0. The molecule has 1 amide bonds. The SMILES string of the molecule is O=C(C1=Cc2ccccc2OC1)N1CCCc2ccc(F)cc21. The number of carbonyl (C=O) groups excluding carboxylic acids is 1. The molecular weight excluding hydrogens is 293 g/mol. The highest BCUT2D eigenvalue weighted by Gasteiger charge is 2.27. The number of hydrogen-bond donors (Lipinski definition) is 0. The summed E-state index contributed by atoms with van der Waals surface area (Å²) < 4.78 is 19.3. The Labute approximate surface area is 134 Å². The van der Waals surface area contributed by atoms with E-state index in [0.717, 1.165) is 29.7 Å². The molecule has 0 saturated carbocycles. The Hall–Kier alpha value is -2.62. The van der Waals surface area contributed by atoms with E-state index in [0.29, 0.717) is 17.8 Å². The molecule has 0 atom stereocenters. The summed E-state index contributed by atoms with van der Waals surface area (Å²) in [5, 5.41) is 0. The fraction of sp³-hybridized carbons (Fsp3) is 0.211. The molecule has 0 fully saturated rings. The van der Waals surface area contributed by atoms with Crippen LogP contribution in [0.2, 0.25) is 0 Å². The van der Waals surface area contributed by atoms with Crippen LogP contribution in [0.4, 0.5) is 10.1 Å². The van der Waals surface area contributed by atoms with Gasteiger partial charge in [-0.1, -0.05) is 24.3 Å². The number of carbonyl (C=O) groups is 1. The van der Waals surface area contributed by atoms with Crippen molar-refractivity contribution in [1.29, 1.82) is 0 Å². The van der Waals surface area contributed by atoms with Crippen LogP contribution in [0.5, 0.6) is 5.75 Å². The lowest BCUT2D eigenvalue weighted by atomic mass is 9.99. The van der Waals surface area contributed by atoms with Gasteiger partial charge in [0, 0.05) is 12.1 Å². The number of rotatable bonds is 1. The van der Waals surface area contributed by atoms with Crippen LogP contribution in [-0.4, -0.2) is 19.1 Å². The van der Waals surface area contributed by atoms with Crippen LogP contribution in [0, 0.1) is 5.82 Å². The maximum absolute atomic E-state index is 13.6. The third-order valence-corrected chi connectivity index (χ3v) is 4.32. The molecule has 2 aromatic rings. The van der Waals surface area contributed by atoms with Gasteiger partial charge in [0.05, 0.1) is 11.3 Å². The minimum atomic E-state index is -0.317. The van der Waals surface area contributed by atoms with Crippen molar-refractivity contribution in [2.24, 2.45) is 0 Å². The molecule has 2 aliphatic rings. The van der Waals surface area contributed by atoms with Gasteiger partial charge >= 0.3 is 0 Å². The average molecular weight is 309 g/mol. The van der Waals surface area contributed by atoms with Gasteiger partial charge in [-0.3, -0.25) is 4.79 Å². The lowest BCUT2D eigenvalue weighted by molar-refractivity contribution is -0.115. The Morgan fingerprint density at radius 1 is 1.17 bits per heavy atom. The second-order valence-corrected chi connectivity index (χ2v) is 5.83. The highest BCUT2D eigenvalue weighted by atomic mass is 19.1. The molecule has 4 heteroatoms. The smallest absolute Gasteiger partial charge is 0.257 e. The van der Waals surface area contributed by atoms with E-state index in [4.69, 9.17) is 4.74 Å². The van der Waals surface area contributed by atoms with Gasteiger partial charge in [0.1, 0.15) is 18.2 Å². The van der Waals surface area contributed by atoms with Crippen molar-refractivity contribution < 1.29 is 13.9 Å². The van der Waals surface area contributed by atoms with Gasteiger partial charge in [0.2, 0.25) is 0 Å². The van der Waals surface area contributed by atoms with Crippen LogP contribution in [0.3, 0.4) is 0 Å². The van der Waals surface area contributed by atoms with Crippen LogP contribution >= 0.6 is 0 Å². The van der Waals surface area contributed by atoms with Crippen molar-refractivity contribution in [2.45, 2.75) is 12.8 Å². The van der Waals surface area contributed by atoms with Crippen molar-refractivity contribution in [3.63, 3.8) is 0 Å². The molecule has 0 saturated heterocycles. The van der Waals surface area contributed by atoms with E-state index in [-0.39, 0.29) is 18.3 Å². The number of fused-ring (bicyclic) bond motifs is 2. The van der Waals surface area contributed by atoms with Crippen molar-refractivity contribution in [1.82, 2.24) is 0 Å². The number of amides is 1. The quantitative estimate of drug-likeness (QED) is 0.806. The topological polar surface area (TPSA) is 29.5 Å². The maximum atomic E-state index is 13.6. The van der Waals surface area contributed by atoms with Crippen LogP contribution in [0.25, 0.3) is 6.08 Å². The molecule has 0 N–H and O–H groups in total. The minimum Gasteiger partial charge on any atom is -0.488 e. The monoisotopic (exact) mass is 309 g/mol. The number of halogens is 1. The van der Waals surface area contributed by atoms with Crippen LogP contribution in [0.1, 0.15) is 17.5 Å². The number of ether oxygens (including phenoxy) is 1. The first-order valence-corrected chi connectivity index (χ1v) is 7.75. The first-order chi connectivity index (χ1) is 11.2. The van der Waals surface area contributed by atoms with Gasteiger partial charge in [-0.2, -0.15) is 0 Å². The Morgan fingerprint density at radius 3 is 2.96 bits per heavy atom. The number of hydrogen-bond acceptors (Lipinski definition) is 2. The Morgan fingerprint density at radius 2 is 2.04 bits per heavy atom. The molecule has 2 aliphatic heterocycles. The highest BCUT2D eigenvalue weighted by Crippen LogP contribution is 2.31. The second kappa shape index (κ2) is 5.54. The number of para-hydroxylation sites is 1. The lowest BCUT2D eigenvalue weighted by Gasteiger charge is -2.31. The van der Waals surface area contributed by atoms with Crippen molar-refractivity contribution in [3.05, 3.63) is 65.0 Å². The molecule has 2 heterocycles. The predicted molar refractivity (Wildman–Crippen MR) is 87.0 cm³/mol. The lowest BCUT2D eigenvalue weighted by Crippen LogP contribution is -2.38. The van der Waals surface area contributed by atoms with Crippen molar-refractivity contribution >= 4 is 17.7 Å². The zero-order chi connectivity index (χ0) is 15.8. The summed E-state index contributed by atoms with van der Waals surface area (Å²) in [6.45, 7) is 0.852. The highest BCUT2D eigenvalue weighted by molar-refractivity contribution is 6.09. The maximum Gasteiger partial charge on any atom is 0.257 e. The van der Waals surface area contributed by atoms with Gasteiger partial charge in [0.15, 0.2) is 0 Å². The molecule has 4 rings (SSSR count). The summed E-state index contributed by atoms with van der Waals surface area (Å²) in [6.07, 6.45) is 3.63. The fourth-order valence-electron chi connectivity index (χ4n) is 3.17. The molecule has 3 nitrogen and oxygen atoms in total. The zero-order valence-corrected chi connectivity index (χ0v) is 12.6. The van der Waals surface area contributed by atoms with Gasteiger partial charge in [-0.05, 0) is 42.7 Å². The van der Waals surface area contributed by atoms with Crippen LogP contribution in [0.15, 0.2) is 48.0 Å². The van der Waals surface area contributed by atoms with Crippen LogP contribution < -0.4 is 9.64 Å². The van der Waals surface area contributed by atoms with E-state index >= 15 is 0 Å². The van der Waals surface area contributed by atoms with Gasteiger partial charge in [-0.25, -0.2) is 4.39 Å². The Bertz CT molecular complexity index is 813. The van der Waals surface area contributed by atoms with Gasteiger partial charge in [0.25, 0.3) is 5.91 Å². The van der Waals surface area contributed by atoms with Crippen molar-refractivity contribution in [3.8, 4) is 5.75 Å². The molecule has 2 aromatic carbocycles. The molecule has 0 unspecified atom stereocenters. The number of aryl methyl sites for hydroxylation is 1. The third kappa shape index (κ3) is 2.50. The molecular formula is C19H16FNO2. The summed E-state index contributed by atoms with van der Waals surface area (Å²) >= 11 is 0. The number of nitrogens with zero attached hydrogens (tertiary/aromatic N) is 1.